The van der Waals surface area contributed by atoms with Crippen LogP contribution in [-0.4, -0.2) is 29.4 Å². The third kappa shape index (κ3) is 6.52. The zero-order chi connectivity index (χ0) is 15.2. The van der Waals surface area contributed by atoms with Crippen molar-refractivity contribution in [1.82, 2.24) is 5.32 Å². The fraction of sp³-hybridized carbons (Fsp3) is 0.533. The Labute approximate surface area is 119 Å². The Kier molecular flexibility index (Phi) is 5.95. The van der Waals surface area contributed by atoms with Gasteiger partial charge in [-0.3, -0.25) is 0 Å². The van der Waals surface area contributed by atoms with Crippen molar-refractivity contribution in [2.24, 2.45) is 0 Å². The lowest BCUT2D eigenvalue weighted by Crippen LogP contribution is -2.41. The SMILES string of the molecule is CC(C)(C)OC(=O)N[C@H](CO)CCc1ccc(F)cc1. The van der Waals surface area contributed by atoms with Crippen molar-refractivity contribution in [1.29, 1.82) is 0 Å². The molecular formula is C15H22FNO3. The Bertz CT molecular complexity index is 426. The Morgan fingerprint density at radius 1 is 1.35 bits per heavy atom. The van der Waals surface area contributed by atoms with Crippen molar-refractivity contribution in [2.75, 3.05) is 6.61 Å². The molecule has 0 spiro atoms. The molecule has 0 unspecified atom stereocenters. The maximum atomic E-state index is 12.8. The first kappa shape index (κ1) is 16.4. The zero-order valence-electron chi connectivity index (χ0n) is 12.1. The lowest BCUT2D eigenvalue weighted by molar-refractivity contribution is 0.0479. The first-order chi connectivity index (χ1) is 9.30. The van der Waals surface area contributed by atoms with E-state index in [0.717, 1.165) is 5.56 Å². The number of alkyl carbamates (subject to hydrolysis) is 1. The molecule has 0 aliphatic carbocycles. The van der Waals surface area contributed by atoms with Crippen molar-refractivity contribution in [3.05, 3.63) is 35.6 Å². The number of aryl methyl sites for hydroxylation is 1. The van der Waals surface area contributed by atoms with Gasteiger partial charge in [0.1, 0.15) is 11.4 Å². The van der Waals surface area contributed by atoms with Crippen LogP contribution in [0.5, 0.6) is 0 Å². The summed E-state index contributed by atoms with van der Waals surface area (Å²) in [7, 11) is 0. The van der Waals surface area contributed by atoms with Crippen molar-refractivity contribution < 1.29 is 19.0 Å². The van der Waals surface area contributed by atoms with Crippen LogP contribution in [0.4, 0.5) is 9.18 Å². The first-order valence-corrected chi connectivity index (χ1v) is 6.65. The summed E-state index contributed by atoms with van der Waals surface area (Å²) in [5, 5.41) is 11.9. The number of amides is 1. The van der Waals surface area contributed by atoms with Gasteiger partial charge in [-0.2, -0.15) is 0 Å². The van der Waals surface area contributed by atoms with E-state index in [1.54, 1.807) is 32.9 Å². The van der Waals surface area contributed by atoms with E-state index >= 15 is 0 Å². The monoisotopic (exact) mass is 283 g/mol. The molecule has 0 radical (unpaired) electrons. The summed E-state index contributed by atoms with van der Waals surface area (Å²) in [6.07, 6.45) is 0.651. The van der Waals surface area contributed by atoms with E-state index in [2.05, 4.69) is 5.32 Å². The summed E-state index contributed by atoms with van der Waals surface area (Å²) in [6.45, 7) is 5.16. The maximum Gasteiger partial charge on any atom is 0.407 e. The van der Waals surface area contributed by atoms with E-state index in [4.69, 9.17) is 4.74 Å². The molecule has 112 valence electrons. The van der Waals surface area contributed by atoms with Gasteiger partial charge in [0.05, 0.1) is 12.6 Å². The van der Waals surface area contributed by atoms with Crippen molar-refractivity contribution in [2.45, 2.75) is 45.3 Å². The van der Waals surface area contributed by atoms with Gasteiger partial charge in [-0.05, 0) is 51.3 Å². The number of benzene rings is 1. The first-order valence-electron chi connectivity index (χ1n) is 6.65. The van der Waals surface area contributed by atoms with Gasteiger partial charge in [-0.25, -0.2) is 9.18 Å². The van der Waals surface area contributed by atoms with Gasteiger partial charge < -0.3 is 15.2 Å². The van der Waals surface area contributed by atoms with Crippen molar-refractivity contribution >= 4 is 6.09 Å². The Morgan fingerprint density at radius 3 is 2.45 bits per heavy atom. The minimum atomic E-state index is -0.568. The van der Waals surface area contributed by atoms with Gasteiger partial charge >= 0.3 is 6.09 Å². The van der Waals surface area contributed by atoms with Crippen LogP contribution in [0.2, 0.25) is 0 Å². The van der Waals surface area contributed by atoms with Crippen LogP contribution in [0.25, 0.3) is 0 Å². The lowest BCUT2D eigenvalue weighted by Gasteiger charge is -2.22. The molecule has 1 rings (SSSR count). The number of halogens is 1. The number of rotatable bonds is 5. The molecule has 5 heteroatoms. The average molecular weight is 283 g/mol. The minimum Gasteiger partial charge on any atom is -0.444 e. The largest absolute Gasteiger partial charge is 0.444 e. The predicted octanol–water partition coefficient (Wildman–Crippen LogP) is 2.64. The number of ether oxygens (including phenoxy) is 1. The van der Waals surface area contributed by atoms with Gasteiger partial charge in [0, 0.05) is 0 Å². The van der Waals surface area contributed by atoms with Crippen LogP contribution in [0.3, 0.4) is 0 Å². The molecule has 0 aliphatic heterocycles. The highest BCUT2D eigenvalue weighted by Gasteiger charge is 2.19. The number of aliphatic hydroxyl groups is 1. The molecule has 0 bridgehead atoms. The van der Waals surface area contributed by atoms with Gasteiger partial charge in [-0.15, -0.1) is 0 Å². The van der Waals surface area contributed by atoms with Crippen LogP contribution in [0, 0.1) is 5.82 Å². The Balaban J connectivity index is 2.43. The van der Waals surface area contributed by atoms with Gasteiger partial charge in [0.2, 0.25) is 0 Å². The molecule has 0 fully saturated rings. The Hall–Kier alpha value is -1.62. The summed E-state index contributed by atoms with van der Waals surface area (Å²) in [4.78, 5) is 11.6. The topological polar surface area (TPSA) is 58.6 Å². The molecule has 0 aromatic heterocycles. The number of carbonyl (C=O) groups is 1. The highest BCUT2D eigenvalue weighted by Crippen LogP contribution is 2.09. The quantitative estimate of drug-likeness (QED) is 0.873. The van der Waals surface area contributed by atoms with Crippen LogP contribution < -0.4 is 5.32 Å². The number of aliphatic hydroxyl groups excluding tert-OH is 1. The maximum absolute atomic E-state index is 12.8. The predicted molar refractivity (Wildman–Crippen MR) is 75.0 cm³/mol. The number of carbonyl (C=O) groups excluding carboxylic acids is 1. The highest BCUT2D eigenvalue weighted by atomic mass is 19.1. The fourth-order valence-corrected chi connectivity index (χ4v) is 1.68. The van der Waals surface area contributed by atoms with E-state index in [0.29, 0.717) is 12.8 Å². The van der Waals surface area contributed by atoms with Gasteiger partial charge in [-0.1, -0.05) is 12.1 Å². The molecule has 1 aromatic carbocycles. The zero-order valence-corrected chi connectivity index (χ0v) is 12.1. The molecule has 1 amide bonds. The molecule has 0 saturated carbocycles. The highest BCUT2D eigenvalue weighted by molar-refractivity contribution is 5.68. The van der Waals surface area contributed by atoms with Gasteiger partial charge in [0.25, 0.3) is 0 Å². The second-order valence-electron chi connectivity index (χ2n) is 5.69. The van der Waals surface area contributed by atoms with Crippen molar-refractivity contribution in [3.63, 3.8) is 0 Å². The van der Waals surface area contributed by atoms with Gasteiger partial charge in [0.15, 0.2) is 0 Å². The number of hydrogen-bond acceptors (Lipinski definition) is 3. The molecule has 1 aromatic rings. The molecule has 2 N–H and O–H groups in total. The smallest absolute Gasteiger partial charge is 0.407 e. The molecule has 1 atom stereocenters. The second kappa shape index (κ2) is 7.24. The van der Waals surface area contributed by atoms with Crippen LogP contribution in [0.15, 0.2) is 24.3 Å². The molecule has 0 heterocycles. The summed E-state index contributed by atoms with van der Waals surface area (Å²) in [5.74, 6) is -0.278. The second-order valence-corrected chi connectivity index (χ2v) is 5.69. The molecular weight excluding hydrogens is 261 g/mol. The molecule has 20 heavy (non-hydrogen) atoms. The normalized spacial score (nSPS) is 12.8. The van der Waals surface area contributed by atoms with E-state index < -0.39 is 11.7 Å². The third-order valence-corrected chi connectivity index (χ3v) is 2.64. The Morgan fingerprint density at radius 2 is 1.95 bits per heavy atom. The lowest BCUT2D eigenvalue weighted by atomic mass is 10.1. The summed E-state index contributed by atoms with van der Waals surface area (Å²) < 4.78 is 17.9. The number of hydrogen-bond donors (Lipinski definition) is 2. The minimum absolute atomic E-state index is 0.166. The molecule has 0 saturated heterocycles. The fourth-order valence-electron chi connectivity index (χ4n) is 1.68. The van der Waals surface area contributed by atoms with Crippen LogP contribution in [0.1, 0.15) is 32.8 Å². The summed E-state index contributed by atoms with van der Waals surface area (Å²) in [6, 6.07) is 5.79. The standard InChI is InChI=1S/C15H22FNO3/c1-15(2,3)20-14(19)17-13(10-18)9-6-11-4-7-12(16)8-5-11/h4-5,7-8,13,18H,6,9-10H2,1-3H3,(H,17,19)/t13-/m0/s1. The summed E-state index contributed by atoms with van der Waals surface area (Å²) in [5.41, 5.74) is 0.386. The van der Waals surface area contributed by atoms with Crippen molar-refractivity contribution in [3.8, 4) is 0 Å². The van der Waals surface area contributed by atoms with E-state index in [1.807, 2.05) is 0 Å². The third-order valence-electron chi connectivity index (χ3n) is 2.64. The van der Waals surface area contributed by atoms with E-state index in [9.17, 15) is 14.3 Å². The molecule has 0 aliphatic rings. The van der Waals surface area contributed by atoms with Crippen LogP contribution in [-0.2, 0) is 11.2 Å². The van der Waals surface area contributed by atoms with E-state index in [-0.39, 0.29) is 18.5 Å². The van der Waals surface area contributed by atoms with Crippen LogP contribution >= 0.6 is 0 Å². The van der Waals surface area contributed by atoms with E-state index in [1.165, 1.54) is 12.1 Å². The summed E-state index contributed by atoms with van der Waals surface area (Å²) >= 11 is 0. The average Bonchev–Trinajstić information content (AvgIpc) is 2.34. The number of nitrogens with one attached hydrogen (secondary N) is 1. The molecule has 4 nitrogen and oxygen atoms in total.